The van der Waals surface area contributed by atoms with Crippen LogP contribution in [0, 0.1) is 0 Å². The molecule has 9 heteroatoms. The second-order valence-corrected chi connectivity index (χ2v) is 48.4. The average Bonchev–Trinajstić information content (AvgIpc) is 3.07. The van der Waals surface area contributed by atoms with Gasteiger partial charge in [-0.3, -0.25) is 0 Å². The van der Waals surface area contributed by atoms with E-state index in [-0.39, 0.29) is 14.9 Å². The van der Waals surface area contributed by atoms with Crippen molar-refractivity contribution in [3.8, 4) is 0 Å². The summed E-state index contributed by atoms with van der Waals surface area (Å²) in [7, 11) is 19.5. The fraction of sp³-hybridized carbons (Fsp3) is 0.0526. The summed E-state index contributed by atoms with van der Waals surface area (Å²) in [5, 5.41) is 0. The van der Waals surface area contributed by atoms with Gasteiger partial charge in [-0.05, 0) is 0 Å². The minimum absolute atomic E-state index is 0. The second-order valence-electron chi connectivity index (χ2n) is 9.63. The summed E-state index contributed by atoms with van der Waals surface area (Å²) in [4.78, 5) is 0. The molecule has 6 aromatic carbocycles. The Hall–Kier alpha value is -1.80. The summed E-state index contributed by atoms with van der Waals surface area (Å²) < 4.78 is 26.1. The summed E-state index contributed by atoms with van der Waals surface area (Å²) in [6, 6.07) is 63.2. The van der Waals surface area contributed by atoms with Gasteiger partial charge >= 0.3 is 265 Å². The first-order chi connectivity index (χ1) is 21.6. The minimum atomic E-state index is -4.57. The summed E-state index contributed by atoms with van der Waals surface area (Å²) in [5.74, 6) is 0. The maximum absolute atomic E-state index is 9.16. The fourth-order valence-corrected chi connectivity index (χ4v) is 31.2. The molecule has 6 aromatic rings. The van der Waals surface area contributed by atoms with Crippen molar-refractivity contribution >= 4 is 104 Å². The molecule has 0 aliphatic carbocycles. The Bertz CT molecular complexity index is 1650. The molecule has 0 N–H and O–H groups in total. The number of benzene rings is 6. The van der Waals surface area contributed by atoms with Gasteiger partial charge < -0.3 is 0 Å². The Kier molecular flexibility index (Phi) is 17.1. The first-order valence-corrected chi connectivity index (χ1v) is 35.9. The van der Waals surface area contributed by atoms with Crippen molar-refractivity contribution in [2.75, 3.05) is 0 Å². The summed E-state index contributed by atoms with van der Waals surface area (Å²) in [6.45, 7) is 0. The number of hydrogen-bond donors (Lipinski definition) is 0. The molecule has 6 rings (SSSR count). The van der Waals surface area contributed by atoms with E-state index in [0.29, 0.717) is 0 Å². The summed E-state index contributed by atoms with van der Waals surface area (Å²) in [5.41, 5.74) is 0. The number of rotatable bonds is 6. The zero-order chi connectivity index (χ0) is 32.2. The van der Waals surface area contributed by atoms with Crippen LogP contribution in [0.25, 0.3) is 0 Å². The molecule has 0 aromatic heterocycles. The fourth-order valence-electron chi connectivity index (χ4n) is 4.69. The van der Waals surface area contributed by atoms with Crippen LogP contribution < -0.4 is 19.6 Å². The van der Waals surface area contributed by atoms with Crippen LogP contribution in [0.3, 0.4) is 0 Å². The normalized spacial score (nSPS) is 11.5. The Morgan fingerprint density at radius 2 is 0.553 bits per heavy atom. The van der Waals surface area contributed by atoms with Gasteiger partial charge in [0.2, 0.25) is 0 Å². The average molecular weight is 1120 g/mol. The zero-order valence-corrected chi connectivity index (χ0v) is 34.7. The standard InChI is InChI=1S/6C6H5.2CH4.2Bi.Cl2O2S.2ClH/c6*1-2-4-6-5-3-1;;;;;1-5(2,3)4;;/h6*1-5H;2*1H4;;;;2*1H/q;;;;;;;;;+2;;;/p-2. The third-order valence-corrected chi connectivity index (χ3v) is 40.5. The maximum atomic E-state index is 9.16. The topological polar surface area (TPSA) is 34.1 Å². The van der Waals surface area contributed by atoms with E-state index in [2.05, 4.69) is 112 Å². The van der Waals surface area contributed by atoms with Gasteiger partial charge in [0.1, 0.15) is 0 Å². The summed E-state index contributed by atoms with van der Waals surface area (Å²) in [6.07, 6.45) is 0. The zero-order valence-electron chi connectivity index (χ0n) is 24.0. The van der Waals surface area contributed by atoms with E-state index in [4.69, 9.17) is 25.4 Å². The molecule has 0 saturated carbocycles. The van der Waals surface area contributed by atoms with Crippen molar-refractivity contribution in [3.05, 3.63) is 182 Å². The molecule has 0 spiro atoms. The molecule has 246 valence electrons. The van der Waals surface area contributed by atoms with Crippen molar-refractivity contribution in [3.63, 3.8) is 0 Å². The van der Waals surface area contributed by atoms with E-state index in [1.54, 1.807) is 0 Å². The third kappa shape index (κ3) is 11.6. The van der Waals surface area contributed by atoms with Crippen LogP contribution in [0.2, 0.25) is 0 Å². The van der Waals surface area contributed by atoms with Crippen molar-refractivity contribution in [1.29, 1.82) is 0 Å². The van der Waals surface area contributed by atoms with Crippen LogP contribution in [-0.4, -0.2) is 46.6 Å². The Morgan fingerprint density at radius 1 is 0.383 bits per heavy atom. The molecule has 0 aliphatic rings. The molecule has 47 heavy (non-hydrogen) atoms. The van der Waals surface area contributed by atoms with E-state index in [0.717, 1.165) is 9.81 Å². The van der Waals surface area contributed by atoms with Gasteiger partial charge in [0.15, 0.2) is 0 Å². The van der Waals surface area contributed by atoms with Gasteiger partial charge in [0.05, 0.1) is 0 Å². The predicted octanol–water partition coefficient (Wildman–Crippen LogP) is 7.77. The summed E-state index contributed by atoms with van der Waals surface area (Å²) >= 11 is -6.63. The molecule has 0 aliphatic heterocycles. The van der Waals surface area contributed by atoms with Crippen LogP contribution in [-0.2, 0) is 8.26 Å². The molecule has 0 saturated heterocycles. The van der Waals surface area contributed by atoms with Crippen molar-refractivity contribution in [1.82, 2.24) is 0 Å². The van der Waals surface area contributed by atoms with Gasteiger partial charge in [0.25, 0.3) is 0 Å². The predicted molar refractivity (Wildman–Crippen MR) is 214 cm³/mol. The van der Waals surface area contributed by atoms with Crippen LogP contribution in [0.5, 0.6) is 0 Å². The van der Waals surface area contributed by atoms with E-state index in [1.807, 2.05) is 91.0 Å². The molecule has 0 fully saturated rings. The first kappa shape index (κ1) is 41.4. The molecule has 0 amide bonds. The third-order valence-electron chi connectivity index (χ3n) is 6.67. The quantitative estimate of drug-likeness (QED) is 0.126. The van der Waals surface area contributed by atoms with Gasteiger partial charge in [-0.15, -0.1) is 0 Å². The van der Waals surface area contributed by atoms with Crippen molar-refractivity contribution in [2.24, 2.45) is 0 Å². The van der Waals surface area contributed by atoms with Gasteiger partial charge in [-0.1, -0.05) is 14.9 Å². The molecule has 0 heterocycles. The van der Waals surface area contributed by atoms with Crippen molar-refractivity contribution in [2.45, 2.75) is 14.9 Å². The molecule has 0 unspecified atom stereocenters. The van der Waals surface area contributed by atoms with Crippen LogP contribution in [0.1, 0.15) is 14.9 Å². The van der Waals surface area contributed by atoms with Gasteiger partial charge in [-0.2, -0.15) is 8.42 Å². The van der Waals surface area contributed by atoms with Crippen LogP contribution in [0.4, 0.5) is 0 Å². The molecular weight excluding hydrogens is 1080 g/mol. The Balaban J connectivity index is 0.000000277. The van der Waals surface area contributed by atoms with Crippen LogP contribution >= 0.6 is 38.4 Å². The monoisotopic (exact) mass is 1120 g/mol. The number of halogens is 4. The van der Waals surface area contributed by atoms with Crippen LogP contribution in [0.15, 0.2) is 182 Å². The molecular formula is C38H38Bi2Cl4O2S. The Labute approximate surface area is 306 Å². The molecule has 2 nitrogen and oxygen atoms in total. The van der Waals surface area contributed by atoms with Gasteiger partial charge in [0, 0.05) is 21.4 Å². The molecule has 0 bridgehead atoms. The van der Waals surface area contributed by atoms with Gasteiger partial charge in [-0.25, -0.2) is 0 Å². The van der Waals surface area contributed by atoms with E-state index in [9.17, 15) is 0 Å². The first-order valence-electron chi connectivity index (χ1n) is 13.8. The van der Waals surface area contributed by atoms with Crippen molar-refractivity contribution < 1.29 is 8.42 Å². The molecule has 0 radical (unpaired) electrons. The number of hydrogen-bond acceptors (Lipinski definition) is 2. The Morgan fingerprint density at radius 3 is 0.745 bits per heavy atom. The van der Waals surface area contributed by atoms with E-state index < -0.39 is 46.4 Å². The SMILES string of the molecule is C.C.O=S(=O)(Cl)Cl.[Cl][Bi]([Cl])([c]1ccccc1)([c]1ccccc1)[c]1ccccc1.c1cc[c]([Bi]([c]2ccccc2)[c]2ccccc2)cc1. The van der Waals surface area contributed by atoms with E-state index >= 15 is 0 Å². The molecule has 0 atom stereocenters. The van der Waals surface area contributed by atoms with E-state index in [1.165, 1.54) is 9.81 Å². The second kappa shape index (κ2) is 19.4.